The third-order valence-corrected chi connectivity index (χ3v) is 7.03. The van der Waals surface area contributed by atoms with Crippen molar-refractivity contribution in [3.8, 4) is 22.8 Å². The SMILES string of the molecule is COc1ccc(CNC(=O)[C@H]2CCCN(c3nccn4nc(-c5ccc(C)cc5C)cc34)C2)cc1OC. The van der Waals surface area contributed by atoms with Gasteiger partial charge in [-0.25, -0.2) is 9.50 Å². The second-order valence-corrected chi connectivity index (χ2v) is 9.62. The molecule has 0 unspecified atom stereocenters. The lowest BCUT2D eigenvalue weighted by atomic mass is 9.97. The van der Waals surface area contributed by atoms with Crippen LogP contribution in [0.1, 0.15) is 29.5 Å². The molecule has 192 valence electrons. The molecule has 0 bridgehead atoms. The monoisotopic (exact) mass is 499 g/mol. The summed E-state index contributed by atoms with van der Waals surface area (Å²) in [6.45, 7) is 6.12. The number of aromatic nitrogens is 3. The number of hydrogen-bond acceptors (Lipinski definition) is 6. The minimum Gasteiger partial charge on any atom is -0.493 e. The van der Waals surface area contributed by atoms with Gasteiger partial charge in [0.1, 0.15) is 5.52 Å². The summed E-state index contributed by atoms with van der Waals surface area (Å²) in [6.07, 6.45) is 5.44. The summed E-state index contributed by atoms with van der Waals surface area (Å²) >= 11 is 0. The number of ether oxygens (including phenoxy) is 2. The lowest BCUT2D eigenvalue weighted by Crippen LogP contribution is -2.43. The van der Waals surface area contributed by atoms with Crippen molar-refractivity contribution in [3.05, 3.63) is 71.5 Å². The fraction of sp³-hybridized carbons (Fsp3) is 0.345. The van der Waals surface area contributed by atoms with E-state index >= 15 is 0 Å². The molecule has 0 saturated carbocycles. The van der Waals surface area contributed by atoms with Crippen molar-refractivity contribution >= 4 is 17.2 Å². The Morgan fingerprint density at radius 1 is 1.08 bits per heavy atom. The Morgan fingerprint density at radius 3 is 2.70 bits per heavy atom. The van der Waals surface area contributed by atoms with Crippen molar-refractivity contribution in [1.82, 2.24) is 19.9 Å². The minimum atomic E-state index is -0.113. The summed E-state index contributed by atoms with van der Waals surface area (Å²) in [5.41, 5.74) is 6.38. The molecule has 1 fully saturated rings. The van der Waals surface area contributed by atoms with Gasteiger partial charge in [-0.2, -0.15) is 5.10 Å². The number of fused-ring (bicyclic) bond motifs is 1. The van der Waals surface area contributed by atoms with Gasteiger partial charge in [0.25, 0.3) is 0 Å². The summed E-state index contributed by atoms with van der Waals surface area (Å²) in [5, 5.41) is 7.93. The number of hydrogen-bond donors (Lipinski definition) is 1. The van der Waals surface area contributed by atoms with E-state index in [2.05, 4.69) is 48.3 Å². The first-order chi connectivity index (χ1) is 18.0. The maximum atomic E-state index is 13.1. The highest BCUT2D eigenvalue weighted by molar-refractivity contribution is 5.81. The fourth-order valence-corrected chi connectivity index (χ4v) is 5.09. The van der Waals surface area contributed by atoms with Crippen LogP contribution in [0.2, 0.25) is 0 Å². The summed E-state index contributed by atoms with van der Waals surface area (Å²) < 4.78 is 12.6. The molecule has 0 aliphatic carbocycles. The van der Waals surface area contributed by atoms with Gasteiger partial charge in [-0.05, 0) is 56.0 Å². The molecule has 37 heavy (non-hydrogen) atoms. The van der Waals surface area contributed by atoms with Crippen LogP contribution in [0.3, 0.4) is 0 Å². The first-order valence-electron chi connectivity index (χ1n) is 12.6. The van der Waals surface area contributed by atoms with Crippen LogP contribution in [-0.4, -0.2) is 47.8 Å². The Bertz CT molecular complexity index is 1430. The number of carbonyl (C=O) groups is 1. The number of benzene rings is 2. The van der Waals surface area contributed by atoms with Crippen molar-refractivity contribution in [3.63, 3.8) is 0 Å². The number of aryl methyl sites for hydroxylation is 2. The molecule has 0 radical (unpaired) electrons. The predicted molar refractivity (Wildman–Crippen MR) is 144 cm³/mol. The topological polar surface area (TPSA) is 81.0 Å². The molecular weight excluding hydrogens is 466 g/mol. The maximum absolute atomic E-state index is 13.1. The second kappa shape index (κ2) is 10.5. The lowest BCUT2D eigenvalue weighted by molar-refractivity contribution is -0.125. The van der Waals surface area contributed by atoms with Crippen LogP contribution in [-0.2, 0) is 11.3 Å². The van der Waals surface area contributed by atoms with Gasteiger partial charge < -0.3 is 19.7 Å². The molecular formula is C29H33N5O3. The molecule has 5 rings (SSSR count). The molecule has 2 aromatic carbocycles. The Labute approximate surface area is 217 Å². The van der Waals surface area contributed by atoms with Crippen LogP contribution in [0.5, 0.6) is 11.5 Å². The van der Waals surface area contributed by atoms with Gasteiger partial charge in [0.05, 0.1) is 25.8 Å². The summed E-state index contributed by atoms with van der Waals surface area (Å²) in [6, 6.07) is 14.2. The minimum absolute atomic E-state index is 0.0518. The lowest BCUT2D eigenvalue weighted by Gasteiger charge is -2.33. The van der Waals surface area contributed by atoms with Crippen LogP contribution < -0.4 is 19.7 Å². The quantitative estimate of drug-likeness (QED) is 0.401. The van der Waals surface area contributed by atoms with Crippen LogP contribution in [0, 0.1) is 19.8 Å². The standard InChI is InChI=1S/C29H33N5O3/c1-19-7-9-23(20(2)14-19)24-16-25-28(30-11-13-34(25)32-24)33-12-5-6-22(18-33)29(35)31-17-21-8-10-26(36-3)27(15-21)37-4/h7-11,13-16,22H,5-6,12,17-18H2,1-4H3,(H,31,35)/t22-/m0/s1. The number of anilines is 1. The van der Waals surface area contributed by atoms with E-state index in [9.17, 15) is 4.79 Å². The first kappa shape index (κ1) is 24.6. The zero-order chi connectivity index (χ0) is 25.9. The largest absolute Gasteiger partial charge is 0.493 e. The van der Waals surface area contributed by atoms with Gasteiger partial charge in [-0.3, -0.25) is 4.79 Å². The van der Waals surface area contributed by atoms with Gasteiger partial charge in [0.15, 0.2) is 17.3 Å². The second-order valence-electron chi connectivity index (χ2n) is 9.62. The molecule has 1 aliphatic rings. The zero-order valence-electron chi connectivity index (χ0n) is 21.8. The van der Waals surface area contributed by atoms with Crippen molar-refractivity contribution in [1.29, 1.82) is 0 Å². The number of piperidine rings is 1. The molecule has 0 spiro atoms. The third-order valence-electron chi connectivity index (χ3n) is 7.03. The third kappa shape index (κ3) is 5.09. The van der Waals surface area contributed by atoms with E-state index in [1.54, 1.807) is 20.4 Å². The van der Waals surface area contributed by atoms with E-state index in [0.717, 1.165) is 47.5 Å². The molecule has 8 nitrogen and oxygen atoms in total. The number of rotatable bonds is 7. The van der Waals surface area contributed by atoms with Crippen LogP contribution in [0.4, 0.5) is 5.82 Å². The Hall–Kier alpha value is -4.07. The molecule has 1 amide bonds. The number of amides is 1. The predicted octanol–water partition coefficient (Wildman–Crippen LogP) is 4.56. The highest BCUT2D eigenvalue weighted by Gasteiger charge is 2.28. The van der Waals surface area contributed by atoms with Gasteiger partial charge in [-0.15, -0.1) is 0 Å². The van der Waals surface area contributed by atoms with E-state index < -0.39 is 0 Å². The van der Waals surface area contributed by atoms with Gasteiger partial charge in [-0.1, -0.05) is 29.8 Å². The number of nitrogens with one attached hydrogen (secondary N) is 1. The van der Waals surface area contributed by atoms with Crippen LogP contribution >= 0.6 is 0 Å². The van der Waals surface area contributed by atoms with Crippen molar-refractivity contribution in [2.75, 3.05) is 32.2 Å². The molecule has 1 aliphatic heterocycles. The smallest absolute Gasteiger partial charge is 0.225 e. The van der Waals surface area contributed by atoms with Gasteiger partial charge >= 0.3 is 0 Å². The molecule has 1 saturated heterocycles. The van der Waals surface area contributed by atoms with Gasteiger partial charge in [0, 0.05) is 37.6 Å². The van der Waals surface area contributed by atoms with Crippen LogP contribution in [0.15, 0.2) is 54.9 Å². The Balaban J connectivity index is 1.31. The molecule has 8 heteroatoms. The van der Waals surface area contributed by atoms with Crippen molar-refractivity contribution in [2.24, 2.45) is 5.92 Å². The van der Waals surface area contributed by atoms with Crippen LogP contribution in [0.25, 0.3) is 16.8 Å². The molecule has 2 aromatic heterocycles. The van der Waals surface area contributed by atoms with E-state index in [1.807, 2.05) is 28.9 Å². The Kier molecular flexibility index (Phi) is 6.99. The zero-order valence-corrected chi connectivity index (χ0v) is 21.8. The normalized spacial score (nSPS) is 15.6. The Morgan fingerprint density at radius 2 is 1.92 bits per heavy atom. The average Bonchev–Trinajstić information content (AvgIpc) is 3.35. The molecule has 1 N–H and O–H groups in total. The number of methoxy groups -OCH3 is 2. The maximum Gasteiger partial charge on any atom is 0.225 e. The highest BCUT2D eigenvalue weighted by Crippen LogP contribution is 2.30. The summed E-state index contributed by atoms with van der Waals surface area (Å²) in [4.78, 5) is 20.0. The van der Waals surface area contributed by atoms with E-state index in [1.165, 1.54) is 11.1 Å². The van der Waals surface area contributed by atoms with E-state index in [-0.39, 0.29) is 11.8 Å². The average molecular weight is 500 g/mol. The molecule has 3 heterocycles. The highest BCUT2D eigenvalue weighted by atomic mass is 16.5. The number of nitrogens with zero attached hydrogens (tertiary/aromatic N) is 4. The van der Waals surface area contributed by atoms with E-state index in [4.69, 9.17) is 19.6 Å². The molecule has 1 atom stereocenters. The van der Waals surface area contributed by atoms with Crippen molar-refractivity contribution < 1.29 is 14.3 Å². The van der Waals surface area contributed by atoms with E-state index in [0.29, 0.717) is 24.6 Å². The van der Waals surface area contributed by atoms with Gasteiger partial charge in [0.2, 0.25) is 5.91 Å². The summed E-state index contributed by atoms with van der Waals surface area (Å²) in [5.74, 6) is 2.12. The fourth-order valence-electron chi connectivity index (χ4n) is 5.09. The van der Waals surface area contributed by atoms with Crippen molar-refractivity contribution in [2.45, 2.75) is 33.2 Å². The first-order valence-corrected chi connectivity index (χ1v) is 12.6. The molecule has 4 aromatic rings. The number of carbonyl (C=O) groups excluding carboxylic acids is 1. The summed E-state index contributed by atoms with van der Waals surface area (Å²) in [7, 11) is 3.22.